The average Bonchev–Trinajstić information content (AvgIpc) is 3.18. The molecule has 6 rings (SSSR count). The van der Waals surface area contributed by atoms with E-state index in [0.29, 0.717) is 5.57 Å². The Hall–Kier alpha value is -1.52. The van der Waals surface area contributed by atoms with Gasteiger partial charge in [-0.2, -0.15) is 0 Å². The third-order valence-electron chi connectivity index (χ3n) is 10.8. The molecule has 3 unspecified atom stereocenters. The van der Waals surface area contributed by atoms with Crippen LogP contribution in [0, 0.1) is 34.5 Å². The van der Waals surface area contributed by atoms with Crippen molar-refractivity contribution in [2.45, 2.75) is 88.1 Å². The lowest BCUT2D eigenvalue weighted by Crippen LogP contribution is -2.78. The third-order valence-corrected chi connectivity index (χ3v) is 10.8. The molecule has 3 aliphatic heterocycles. The first-order valence-electron chi connectivity index (χ1n) is 13.4. The highest BCUT2D eigenvalue weighted by Crippen LogP contribution is 2.73. The summed E-state index contributed by atoms with van der Waals surface area (Å²) in [6.45, 7) is 4.17. The van der Waals surface area contributed by atoms with E-state index in [1.54, 1.807) is 20.8 Å². The first-order valence-corrected chi connectivity index (χ1v) is 13.4. The SMILES string of the molecule is CC1=CC(=O)[C@@H](O)[C@@]2(C)C1C[C@H]1OC(=O)[C@H](O[C@@H]3O[C@H](CO)[C@@H](O)[C@H](O)[C@H]3O)[C@H]3[C@@H](C)[C@@H](O)C4(O)OC[C@@]31C42. The van der Waals surface area contributed by atoms with E-state index >= 15 is 0 Å². The number of rotatable bonds is 3. The van der Waals surface area contributed by atoms with Crippen LogP contribution in [0.4, 0.5) is 0 Å². The van der Waals surface area contributed by atoms with E-state index in [1.165, 1.54) is 6.08 Å². The smallest absolute Gasteiger partial charge is 0.336 e. The summed E-state index contributed by atoms with van der Waals surface area (Å²) in [6.07, 6.45) is -11.9. The molecule has 3 aliphatic carbocycles. The Morgan fingerprint density at radius 2 is 1.79 bits per heavy atom. The number of carbonyl (C=O) groups is 2. The summed E-state index contributed by atoms with van der Waals surface area (Å²) < 4.78 is 23.3. The normalized spacial score (nSPS) is 58.3. The second-order valence-corrected chi connectivity index (χ2v) is 12.4. The zero-order valence-electron chi connectivity index (χ0n) is 21.8. The van der Waals surface area contributed by atoms with E-state index < -0.39 is 114 Å². The summed E-state index contributed by atoms with van der Waals surface area (Å²) in [5, 5.41) is 75.2. The van der Waals surface area contributed by atoms with Gasteiger partial charge in [0.2, 0.25) is 0 Å². The molecule has 218 valence electrons. The number of aliphatic hydroxyl groups excluding tert-OH is 6. The summed E-state index contributed by atoms with van der Waals surface area (Å²) >= 11 is 0. The van der Waals surface area contributed by atoms with Crippen molar-refractivity contribution < 1.29 is 64.3 Å². The van der Waals surface area contributed by atoms with E-state index in [4.69, 9.17) is 18.9 Å². The zero-order chi connectivity index (χ0) is 28.4. The van der Waals surface area contributed by atoms with Gasteiger partial charge in [-0.25, -0.2) is 4.79 Å². The predicted octanol–water partition coefficient (Wildman–Crippen LogP) is -3.04. The van der Waals surface area contributed by atoms with Crippen molar-refractivity contribution >= 4 is 11.8 Å². The van der Waals surface area contributed by atoms with Crippen molar-refractivity contribution in [3.8, 4) is 0 Å². The third kappa shape index (κ3) is 3.25. The van der Waals surface area contributed by atoms with Gasteiger partial charge in [-0.05, 0) is 31.3 Å². The second-order valence-electron chi connectivity index (χ2n) is 12.4. The number of fused-ring (bicyclic) bond motifs is 1. The highest BCUT2D eigenvalue weighted by atomic mass is 16.7. The van der Waals surface area contributed by atoms with Gasteiger partial charge in [-0.1, -0.05) is 19.4 Å². The van der Waals surface area contributed by atoms with Gasteiger partial charge < -0.3 is 54.7 Å². The molecule has 13 heteroatoms. The number of hydrogen-bond donors (Lipinski definition) is 7. The Labute approximate surface area is 223 Å². The number of hydrogen-bond acceptors (Lipinski definition) is 13. The monoisotopic (exact) mass is 556 g/mol. The molecule has 16 atom stereocenters. The van der Waals surface area contributed by atoms with Crippen LogP contribution in [0.25, 0.3) is 0 Å². The molecule has 7 N–H and O–H groups in total. The Balaban J connectivity index is 1.46. The van der Waals surface area contributed by atoms with Crippen LogP contribution < -0.4 is 0 Å². The number of ketones is 1. The van der Waals surface area contributed by atoms with E-state index in [0.717, 1.165) is 0 Å². The topological polar surface area (TPSA) is 213 Å². The zero-order valence-corrected chi connectivity index (χ0v) is 21.8. The maximum atomic E-state index is 13.5. The van der Waals surface area contributed by atoms with Gasteiger partial charge in [0, 0.05) is 22.7 Å². The van der Waals surface area contributed by atoms with E-state index in [9.17, 15) is 45.3 Å². The summed E-state index contributed by atoms with van der Waals surface area (Å²) in [6, 6.07) is 0. The van der Waals surface area contributed by atoms with Gasteiger partial charge in [0.1, 0.15) is 42.7 Å². The minimum atomic E-state index is -2.17. The molecule has 0 aromatic rings. The Kier molecular flexibility index (Phi) is 6.20. The largest absolute Gasteiger partial charge is 0.460 e. The molecule has 0 aromatic carbocycles. The van der Waals surface area contributed by atoms with Crippen molar-refractivity contribution in [1.82, 2.24) is 0 Å². The molecule has 2 bridgehead atoms. The molecular formula is C26H36O13. The van der Waals surface area contributed by atoms with Crippen molar-refractivity contribution in [3.63, 3.8) is 0 Å². The van der Waals surface area contributed by atoms with Gasteiger partial charge in [0.05, 0.1) is 13.2 Å². The molecule has 2 saturated carbocycles. The summed E-state index contributed by atoms with van der Waals surface area (Å²) in [5.74, 6) is -6.78. The fraction of sp³-hybridized carbons (Fsp3) is 0.846. The van der Waals surface area contributed by atoms with E-state index in [-0.39, 0.29) is 13.0 Å². The first-order chi connectivity index (χ1) is 18.2. The lowest BCUT2D eigenvalue weighted by Gasteiger charge is -2.68. The van der Waals surface area contributed by atoms with E-state index in [2.05, 4.69) is 0 Å². The minimum absolute atomic E-state index is 0.168. The van der Waals surface area contributed by atoms with E-state index in [1.807, 2.05) is 0 Å². The van der Waals surface area contributed by atoms with Crippen LogP contribution in [-0.2, 0) is 28.5 Å². The highest BCUT2D eigenvalue weighted by molar-refractivity contribution is 5.96. The summed E-state index contributed by atoms with van der Waals surface area (Å²) in [4.78, 5) is 26.4. The van der Waals surface area contributed by atoms with Crippen LogP contribution in [0.1, 0.15) is 27.2 Å². The molecule has 3 saturated heterocycles. The lowest BCUT2D eigenvalue weighted by molar-refractivity contribution is -0.359. The summed E-state index contributed by atoms with van der Waals surface area (Å²) in [7, 11) is 0. The summed E-state index contributed by atoms with van der Waals surface area (Å²) in [5.41, 5.74) is -1.84. The van der Waals surface area contributed by atoms with Gasteiger partial charge in [0.15, 0.2) is 24.0 Å². The van der Waals surface area contributed by atoms with Crippen molar-refractivity contribution in [2.75, 3.05) is 13.2 Å². The van der Waals surface area contributed by atoms with Crippen molar-refractivity contribution in [1.29, 1.82) is 0 Å². The van der Waals surface area contributed by atoms with Crippen LogP contribution in [0.2, 0.25) is 0 Å². The number of ether oxygens (including phenoxy) is 4. The van der Waals surface area contributed by atoms with Crippen LogP contribution >= 0.6 is 0 Å². The standard InChI is InChI=1S/C26H36O13/c1-8-4-11(28)20(33)24(3)10(8)5-13-25-7-36-26(35,23(24)25)19(32)9(2)14(25)18(21(34)38-13)39-22-17(31)16(30)15(29)12(6-27)37-22/h4,9-10,12-20,22-23,27,29-33,35H,5-7H2,1-3H3/t9-,10?,12-,13-,14-,15-,16+,17-,18-,19-,20-,22+,23?,24-,25+,26?/m1/s1. The Bertz CT molecular complexity index is 1090. The Morgan fingerprint density at radius 1 is 1.10 bits per heavy atom. The molecule has 1 spiro atoms. The number of esters is 1. The van der Waals surface area contributed by atoms with Gasteiger partial charge in [-0.15, -0.1) is 0 Å². The number of carbonyl (C=O) groups excluding carboxylic acids is 2. The molecular weight excluding hydrogens is 520 g/mol. The predicted molar refractivity (Wildman–Crippen MR) is 125 cm³/mol. The Morgan fingerprint density at radius 3 is 2.46 bits per heavy atom. The van der Waals surface area contributed by atoms with Crippen molar-refractivity contribution in [2.24, 2.45) is 34.5 Å². The fourth-order valence-electron chi connectivity index (χ4n) is 9.08. The molecule has 13 nitrogen and oxygen atoms in total. The number of allylic oxidation sites excluding steroid dienone is 1. The fourth-order valence-corrected chi connectivity index (χ4v) is 9.08. The number of aliphatic hydroxyl groups is 7. The second kappa shape index (κ2) is 8.74. The quantitative estimate of drug-likeness (QED) is 0.173. The van der Waals surface area contributed by atoms with Crippen LogP contribution in [-0.4, -0.2) is 122 Å². The van der Waals surface area contributed by atoms with Crippen LogP contribution in [0.3, 0.4) is 0 Å². The molecule has 0 amide bonds. The maximum absolute atomic E-state index is 13.5. The van der Waals surface area contributed by atoms with Crippen molar-refractivity contribution in [3.05, 3.63) is 11.6 Å². The van der Waals surface area contributed by atoms with Gasteiger partial charge in [0.25, 0.3) is 0 Å². The molecule has 5 fully saturated rings. The highest BCUT2D eigenvalue weighted by Gasteiger charge is 2.83. The molecule has 0 radical (unpaired) electrons. The molecule has 3 heterocycles. The van der Waals surface area contributed by atoms with Crippen LogP contribution in [0.15, 0.2) is 11.6 Å². The minimum Gasteiger partial charge on any atom is -0.460 e. The average molecular weight is 557 g/mol. The van der Waals surface area contributed by atoms with Gasteiger partial charge >= 0.3 is 5.97 Å². The van der Waals surface area contributed by atoms with Crippen LogP contribution in [0.5, 0.6) is 0 Å². The molecule has 39 heavy (non-hydrogen) atoms. The molecule has 6 aliphatic rings. The maximum Gasteiger partial charge on any atom is 0.336 e. The lowest BCUT2D eigenvalue weighted by atomic mass is 9.38. The first kappa shape index (κ1) is 27.6. The molecule has 0 aromatic heterocycles. The van der Waals surface area contributed by atoms with Gasteiger partial charge in [-0.3, -0.25) is 4.79 Å².